The van der Waals surface area contributed by atoms with E-state index >= 15 is 0 Å². The van der Waals surface area contributed by atoms with E-state index in [0.717, 1.165) is 18.2 Å². The lowest BCUT2D eigenvalue weighted by molar-refractivity contribution is 0.121. The lowest BCUT2D eigenvalue weighted by Gasteiger charge is -2.34. The molecule has 1 saturated carbocycles. The summed E-state index contributed by atoms with van der Waals surface area (Å²) >= 11 is 0. The third-order valence-electron chi connectivity index (χ3n) is 7.96. The molecule has 2 aromatic rings. The molecule has 5 rings (SSSR count). The molecule has 30 heavy (non-hydrogen) atoms. The zero-order valence-corrected chi connectivity index (χ0v) is 18.9. The third kappa shape index (κ3) is 4.24. The first-order chi connectivity index (χ1) is 14.7. The number of hydrogen-bond acceptors (Lipinski definition) is 3. The van der Waals surface area contributed by atoms with Gasteiger partial charge in [0.05, 0.1) is 0 Å². The summed E-state index contributed by atoms with van der Waals surface area (Å²) in [5.41, 5.74) is 3.11. The Labute approximate surface area is 182 Å². The van der Waals surface area contributed by atoms with Gasteiger partial charge in [0, 0.05) is 25.7 Å². The fraction of sp³-hybridized carbons (Fsp3) is 0.630. The number of rotatable bonds is 5. The van der Waals surface area contributed by atoms with Gasteiger partial charge in [-0.2, -0.15) is 0 Å². The van der Waals surface area contributed by atoms with Gasteiger partial charge in [0.25, 0.3) is 0 Å². The van der Waals surface area contributed by atoms with Crippen LogP contribution in [0.1, 0.15) is 63.0 Å². The van der Waals surface area contributed by atoms with Gasteiger partial charge in [0.1, 0.15) is 11.9 Å². The van der Waals surface area contributed by atoms with E-state index < -0.39 is 0 Å². The molecule has 3 nitrogen and oxygen atoms in total. The number of likely N-dealkylation sites (N-methyl/N-ethyl adjacent to an activating group) is 1. The highest BCUT2D eigenvalue weighted by Gasteiger charge is 2.28. The van der Waals surface area contributed by atoms with E-state index in [2.05, 4.69) is 54.1 Å². The van der Waals surface area contributed by atoms with Crippen molar-refractivity contribution in [3.63, 3.8) is 0 Å². The Hall–Kier alpha value is -1.58. The van der Waals surface area contributed by atoms with Crippen LogP contribution < -0.4 is 4.74 Å². The minimum atomic E-state index is 0.235. The van der Waals surface area contributed by atoms with E-state index in [1.54, 1.807) is 11.1 Å². The van der Waals surface area contributed by atoms with Gasteiger partial charge in [-0.05, 0) is 92.6 Å². The molecule has 2 heterocycles. The van der Waals surface area contributed by atoms with E-state index in [4.69, 9.17) is 4.74 Å². The minimum Gasteiger partial charge on any atom is -0.489 e. The van der Waals surface area contributed by atoms with E-state index in [1.165, 1.54) is 81.8 Å². The molecule has 2 atom stereocenters. The maximum Gasteiger partial charge on any atom is 0.120 e. The molecular weight excluding hydrogens is 368 g/mol. The number of likely N-dealkylation sites (tertiary alicyclic amines) is 1. The SMILES string of the molecule is CC(Oc1ccc2c3c(ccc2c1)CCN(CC1CCCCC1)C3)C1CCCN1C. The molecule has 0 amide bonds. The average Bonchev–Trinajstić information content (AvgIpc) is 3.20. The molecule has 2 unspecified atom stereocenters. The number of hydrogen-bond donors (Lipinski definition) is 0. The zero-order valence-electron chi connectivity index (χ0n) is 18.9. The summed E-state index contributed by atoms with van der Waals surface area (Å²) in [6.45, 7) is 7.06. The summed E-state index contributed by atoms with van der Waals surface area (Å²) in [4.78, 5) is 5.17. The van der Waals surface area contributed by atoms with Crippen LogP contribution >= 0.6 is 0 Å². The van der Waals surface area contributed by atoms with Gasteiger partial charge in [-0.15, -0.1) is 0 Å². The predicted octanol–water partition coefficient (Wildman–Crippen LogP) is 5.64. The molecule has 3 heteroatoms. The normalized spacial score (nSPS) is 24.8. The van der Waals surface area contributed by atoms with Crippen molar-refractivity contribution in [2.75, 3.05) is 26.7 Å². The van der Waals surface area contributed by atoms with Crippen molar-refractivity contribution in [3.05, 3.63) is 41.5 Å². The van der Waals surface area contributed by atoms with Crippen LogP contribution in [-0.2, 0) is 13.0 Å². The molecular formula is C27H38N2O. The second kappa shape index (κ2) is 8.88. The second-order valence-electron chi connectivity index (χ2n) is 10.1. The Morgan fingerprint density at radius 2 is 1.87 bits per heavy atom. The molecule has 2 aromatic carbocycles. The Balaban J connectivity index is 1.32. The highest BCUT2D eigenvalue weighted by Crippen LogP contribution is 2.33. The Kier molecular flexibility index (Phi) is 6.02. The maximum atomic E-state index is 6.39. The van der Waals surface area contributed by atoms with Crippen LogP contribution in [0, 0.1) is 5.92 Å². The van der Waals surface area contributed by atoms with Crippen LogP contribution in [0.3, 0.4) is 0 Å². The summed E-state index contributed by atoms with van der Waals surface area (Å²) in [6.07, 6.45) is 11.2. The maximum absolute atomic E-state index is 6.39. The standard InChI is InChI=1S/C27H38N2O/c1-20(27-9-6-15-28(27)2)30-24-12-13-25-23(17-24)11-10-22-14-16-29(19-26(22)25)18-21-7-4-3-5-8-21/h10-13,17,20-21,27H,3-9,14-16,18-19H2,1-2H3. The highest BCUT2D eigenvalue weighted by atomic mass is 16.5. The Bertz CT molecular complexity index is 873. The van der Waals surface area contributed by atoms with Crippen molar-refractivity contribution in [2.24, 2.45) is 5.92 Å². The molecule has 1 aliphatic carbocycles. The van der Waals surface area contributed by atoms with Crippen molar-refractivity contribution >= 4 is 10.8 Å². The average molecular weight is 407 g/mol. The lowest BCUT2D eigenvalue weighted by atomic mass is 9.87. The van der Waals surface area contributed by atoms with Crippen molar-refractivity contribution in [2.45, 2.75) is 77.0 Å². The molecule has 3 aliphatic rings. The Morgan fingerprint density at radius 3 is 2.67 bits per heavy atom. The number of fused-ring (bicyclic) bond motifs is 3. The van der Waals surface area contributed by atoms with Gasteiger partial charge < -0.3 is 4.74 Å². The fourth-order valence-electron chi connectivity index (χ4n) is 6.21. The van der Waals surface area contributed by atoms with E-state index in [9.17, 15) is 0 Å². The number of ether oxygens (including phenoxy) is 1. The summed E-state index contributed by atoms with van der Waals surface area (Å²) in [5, 5.41) is 2.76. The molecule has 0 N–H and O–H groups in total. The molecule has 162 valence electrons. The third-order valence-corrected chi connectivity index (χ3v) is 7.96. The molecule has 0 spiro atoms. The lowest BCUT2D eigenvalue weighted by Crippen LogP contribution is -2.38. The number of benzene rings is 2. The van der Waals surface area contributed by atoms with E-state index in [0.29, 0.717) is 6.04 Å². The minimum absolute atomic E-state index is 0.235. The van der Waals surface area contributed by atoms with Gasteiger partial charge in [0.2, 0.25) is 0 Å². The quantitative estimate of drug-likeness (QED) is 0.639. The second-order valence-corrected chi connectivity index (χ2v) is 10.1. The first-order valence-electron chi connectivity index (χ1n) is 12.3. The van der Waals surface area contributed by atoms with Crippen LogP contribution in [-0.4, -0.2) is 48.6 Å². The summed E-state index contributed by atoms with van der Waals surface area (Å²) in [5.74, 6) is 1.94. The van der Waals surface area contributed by atoms with Crippen LogP contribution in [0.15, 0.2) is 30.3 Å². The summed E-state index contributed by atoms with van der Waals surface area (Å²) in [7, 11) is 2.23. The molecule has 2 fully saturated rings. The van der Waals surface area contributed by atoms with E-state index in [-0.39, 0.29) is 6.10 Å². The van der Waals surface area contributed by atoms with Crippen LogP contribution in [0.4, 0.5) is 0 Å². The topological polar surface area (TPSA) is 15.7 Å². The highest BCUT2D eigenvalue weighted by molar-refractivity contribution is 5.88. The summed E-state index contributed by atoms with van der Waals surface area (Å²) in [6, 6.07) is 12.0. The van der Waals surface area contributed by atoms with Gasteiger partial charge in [-0.25, -0.2) is 0 Å². The van der Waals surface area contributed by atoms with Crippen molar-refractivity contribution < 1.29 is 4.74 Å². The van der Waals surface area contributed by atoms with Gasteiger partial charge >= 0.3 is 0 Å². The number of nitrogens with zero attached hydrogens (tertiary/aromatic N) is 2. The fourth-order valence-corrected chi connectivity index (χ4v) is 6.21. The largest absolute Gasteiger partial charge is 0.489 e. The van der Waals surface area contributed by atoms with Crippen molar-refractivity contribution in [1.82, 2.24) is 9.80 Å². The predicted molar refractivity (Wildman–Crippen MR) is 125 cm³/mol. The Morgan fingerprint density at radius 1 is 1.00 bits per heavy atom. The van der Waals surface area contributed by atoms with E-state index in [1.807, 2.05) is 0 Å². The monoisotopic (exact) mass is 406 g/mol. The van der Waals surface area contributed by atoms with Crippen LogP contribution in [0.25, 0.3) is 10.8 Å². The molecule has 1 saturated heterocycles. The first kappa shape index (κ1) is 20.3. The first-order valence-corrected chi connectivity index (χ1v) is 12.3. The molecule has 0 aromatic heterocycles. The van der Waals surface area contributed by atoms with Gasteiger partial charge in [-0.1, -0.05) is 37.5 Å². The zero-order chi connectivity index (χ0) is 20.5. The smallest absolute Gasteiger partial charge is 0.120 e. The van der Waals surface area contributed by atoms with Crippen LogP contribution in [0.5, 0.6) is 5.75 Å². The van der Waals surface area contributed by atoms with Gasteiger partial charge in [-0.3, -0.25) is 9.80 Å². The molecule has 0 bridgehead atoms. The van der Waals surface area contributed by atoms with Crippen molar-refractivity contribution in [1.29, 1.82) is 0 Å². The summed E-state index contributed by atoms with van der Waals surface area (Å²) < 4.78 is 6.39. The van der Waals surface area contributed by atoms with Crippen LogP contribution in [0.2, 0.25) is 0 Å². The molecule has 2 aliphatic heterocycles. The molecule has 0 radical (unpaired) electrons. The van der Waals surface area contributed by atoms with Gasteiger partial charge in [0.15, 0.2) is 0 Å². The van der Waals surface area contributed by atoms with Crippen molar-refractivity contribution in [3.8, 4) is 5.75 Å².